The van der Waals surface area contributed by atoms with Gasteiger partial charge in [-0.3, -0.25) is 9.59 Å². The zero-order valence-corrected chi connectivity index (χ0v) is 14.5. The van der Waals surface area contributed by atoms with Crippen LogP contribution in [-0.2, 0) is 9.53 Å². The van der Waals surface area contributed by atoms with E-state index < -0.39 is 11.9 Å². The molecule has 0 amide bonds. The zero-order chi connectivity index (χ0) is 18.2. The van der Waals surface area contributed by atoms with Crippen LogP contribution in [0.15, 0.2) is 48.5 Å². The van der Waals surface area contributed by atoms with E-state index in [0.717, 1.165) is 16.8 Å². The van der Waals surface area contributed by atoms with Crippen LogP contribution in [0.2, 0.25) is 0 Å². The van der Waals surface area contributed by atoms with Gasteiger partial charge < -0.3 is 15.2 Å². The first-order chi connectivity index (χ1) is 12.0. The van der Waals surface area contributed by atoms with E-state index in [2.05, 4.69) is 5.32 Å². The lowest BCUT2D eigenvalue weighted by atomic mass is 9.94. The first kappa shape index (κ1) is 18.7. The third-order valence-electron chi connectivity index (χ3n) is 4.17. The van der Waals surface area contributed by atoms with E-state index in [1.807, 2.05) is 43.4 Å². The van der Waals surface area contributed by atoms with Crippen LogP contribution >= 0.6 is 0 Å². The maximum absolute atomic E-state index is 12.3. The van der Waals surface area contributed by atoms with Gasteiger partial charge in [0, 0.05) is 38.4 Å². The average Bonchev–Trinajstić information content (AvgIpc) is 2.65. The summed E-state index contributed by atoms with van der Waals surface area (Å²) in [5, 5.41) is 12.3. The fourth-order valence-electron chi connectivity index (χ4n) is 2.59. The highest BCUT2D eigenvalue weighted by Gasteiger charge is 2.21. The van der Waals surface area contributed by atoms with Gasteiger partial charge in [-0.1, -0.05) is 36.4 Å². The van der Waals surface area contributed by atoms with Crippen molar-refractivity contribution in [3.05, 3.63) is 54.1 Å². The Balaban J connectivity index is 2.07. The molecule has 0 aliphatic heterocycles. The van der Waals surface area contributed by atoms with E-state index in [4.69, 9.17) is 4.74 Å². The molecule has 0 radical (unpaired) electrons. The van der Waals surface area contributed by atoms with Crippen molar-refractivity contribution in [1.29, 1.82) is 0 Å². The zero-order valence-electron chi connectivity index (χ0n) is 14.5. The Bertz CT molecular complexity index is 707. The van der Waals surface area contributed by atoms with Gasteiger partial charge >= 0.3 is 5.97 Å². The van der Waals surface area contributed by atoms with Crippen LogP contribution in [0.5, 0.6) is 0 Å². The molecule has 1 atom stereocenters. The van der Waals surface area contributed by atoms with Crippen molar-refractivity contribution >= 4 is 17.4 Å². The second kappa shape index (κ2) is 8.99. The summed E-state index contributed by atoms with van der Waals surface area (Å²) in [5.74, 6) is -1.85. The van der Waals surface area contributed by atoms with Gasteiger partial charge in [-0.25, -0.2) is 0 Å². The van der Waals surface area contributed by atoms with E-state index in [9.17, 15) is 14.7 Å². The van der Waals surface area contributed by atoms with Gasteiger partial charge in [0.2, 0.25) is 0 Å². The number of hydrogen-bond donors (Lipinski definition) is 2. The summed E-state index contributed by atoms with van der Waals surface area (Å²) < 4.78 is 4.91. The maximum atomic E-state index is 12.3. The summed E-state index contributed by atoms with van der Waals surface area (Å²) in [6.07, 6.45) is 0.308. The number of carboxylic acid groups (broad SMARTS) is 1. The van der Waals surface area contributed by atoms with Crippen molar-refractivity contribution in [2.75, 3.05) is 26.1 Å². The molecule has 0 heterocycles. The van der Waals surface area contributed by atoms with Gasteiger partial charge in [0.05, 0.1) is 5.92 Å². The fraction of sp³-hybridized carbons (Fsp3) is 0.300. The molecule has 2 aromatic rings. The highest BCUT2D eigenvalue weighted by molar-refractivity contribution is 5.98. The number of Topliss-reactive ketones (excluding diaryl/α,β-unsaturated/α-hetero) is 1. The number of ether oxygens (including phenoxy) is 1. The molecule has 0 saturated heterocycles. The highest BCUT2D eigenvalue weighted by Crippen LogP contribution is 2.23. The Labute approximate surface area is 147 Å². The largest absolute Gasteiger partial charge is 0.481 e. The molecule has 2 N–H and O–H groups in total. The molecular weight excluding hydrogens is 318 g/mol. The van der Waals surface area contributed by atoms with Gasteiger partial charge in [-0.05, 0) is 29.7 Å². The number of carbonyl (C=O) groups is 2. The fourth-order valence-corrected chi connectivity index (χ4v) is 2.59. The highest BCUT2D eigenvalue weighted by atomic mass is 16.5. The van der Waals surface area contributed by atoms with Gasteiger partial charge in [0.15, 0.2) is 5.78 Å². The monoisotopic (exact) mass is 341 g/mol. The lowest BCUT2D eigenvalue weighted by Crippen LogP contribution is -2.19. The summed E-state index contributed by atoms with van der Waals surface area (Å²) in [6.45, 7) is 0.325. The van der Waals surface area contributed by atoms with Crippen molar-refractivity contribution < 1.29 is 19.4 Å². The van der Waals surface area contributed by atoms with Crippen LogP contribution in [0.4, 0.5) is 5.69 Å². The molecule has 1 unspecified atom stereocenters. The van der Waals surface area contributed by atoms with Crippen LogP contribution in [0.3, 0.4) is 0 Å². The topological polar surface area (TPSA) is 75.6 Å². The summed E-state index contributed by atoms with van der Waals surface area (Å²) in [4.78, 5) is 23.6. The Morgan fingerprint density at radius 3 is 2.08 bits per heavy atom. The molecule has 0 saturated carbocycles. The second-order valence-corrected chi connectivity index (χ2v) is 5.85. The number of carboxylic acids is 1. The minimum Gasteiger partial charge on any atom is -0.481 e. The Morgan fingerprint density at radius 1 is 1.04 bits per heavy atom. The second-order valence-electron chi connectivity index (χ2n) is 5.85. The Kier molecular flexibility index (Phi) is 6.71. The Hall–Kier alpha value is -2.66. The lowest BCUT2D eigenvalue weighted by Gasteiger charge is -2.11. The number of hydrogen-bond acceptors (Lipinski definition) is 4. The number of benzene rings is 2. The molecule has 132 valence electrons. The number of carbonyl (C=O) groups excluding carboxylic acids is 1. The smallest absolute Gasteiger partial charge is 0.307 e. The van der Waals surface area contributed by atoms with E-state index in [0.29, 0.717) is 18.6 Å². The molecule has 5 nitrogen and oxygen atoms in total. The SMILES string of the molecule is CNc1ccc(-c2ccc(C(=O)CC(CCOC)C(=O)O)cc2)cc1. The van der Waals surface area contributed by atoms with Gasteiger partial charge in [-0.2, -0.15) is 0 Å². The summed E-state index contributed by atoms with van der Waals surface area (Å²) in [7, 11) is 3.38. The molecule has 0 aliphatic carbocycles. The normalized spacial score (nSPS) is 11.8. The number of aliphatic carboxylic acids is 1. The minimum atomic E-state index is -0.966. The number of anilines is 1. The van der Waals surface area contributed by atoms with E-state index in [1.165, 1.54) is 7.11 Å². The lowest BCUT2D eigenvalue weighted by molar-refractivity contribution is -0.142. The molecule has 2 aromatic carbocycles. The molecule has 5 heteroatoms. The predicted molar refractivity (Wildman–Crippen MR) is 98.0 cm³/mol. The van der Waals surface area contributed by atoms with Gasteiger partial charge in [-0.15, -0.1) is 0 Å². The number of nitrogens with one attached hydrogen (secondary N) is 1. The van der Waals surface area contributed by atoms with Crippen LogP contribution < -0.4 is 5.32 Å². The summed E-state index contributed by atoms with van der Waals surface area (Å²) in [5.41, 5.74) is 3.63. The maximum Gasteiger partial charge on any atom is 0.307 e. The van der Waals surface area contributed by atoms with Crippen LogP contribution in [0.1, 0.15) is 23.2 Å². The van der Waals surface area contributed by atoms with Crippen LogP contribution in [-0.4, -0.2) is 37.6 Å². The van der Waals surface area contributed by atoms with Crippen LogP contribution in [0.25, 0.3) is 11.1 Å². The van der Waals surface area contributed by atoms with Gasteiger partial charge in [0.1, 0.15) is 0 Å². The quantitative estimate of drug-likeness (QED) is 0.680. The van der Waals surface area contributed by atoms with Crippen molar-refractivity contribution in [3.8, 4) is 11.1 Å². The number of ketones is 1. The summed E-state index contributed by atoms with van der Waals surface area (Å²) in [6, 6.07) is 15.3. The molecule has 0 bridgehead atoms. The van der Waals surface area contributed by atoms with E-state index >= 15 is 0 Å². The number of methoxy groups -OCH3 is 1. The summed E-state index contributed by atoms with van der Waals surface area (Å²) >= 11 is 0. The molecule has 0 spiro atoms. The van der Waals surface area contributed by atoms with E-state index in [-0.39, 0.29) is 12.2 Å². The molecule has 25 heavy (non-hydrogen) atoms. The first-order valence-electron chi connectivity index (χ1n) is 8.18. The van der Waals surface area contributed by atoms with Crippen molar-refractivity contribution in [2.24, 2.45) is 5.92 Å². The van der Waals surface area contributed by atoms with Crippen molar-refractivity contribution in [3.63, 3.8) is 0 Å². The Morgan fingerprint density at radius 2 is 1.60 bits per heavy atom. The standard InChI is InChI=1S/C20H23NO4/c1-21-18-9-7-15(8-10-18)14-3-5-16(6-4-14)19(22)13-17(20(23)24)11-12-25-2/h3-10,17,21H,11-13H2,1-2H3,(H,23,24). The minimum absolute atomic E-state index is 0.0189. The third-order valence-corrected chi connectivity index (χ3v) is 4.17. The third kappa shape index (κ3) is 5.16. The molecular formula is C20H23NO4. The predicted octanol–water partition coefficient (Wildman–Crippen LogP) is 3.71. The van der Waals surface area contributed by atoms with Crippen molar-refractivity contribution in [1.82, 2.24) is 0 Å². The van der Waals surface area contributed by atoms with E-state index in [1.54, 1.807) is 12.1 Å². The molecule has 2 rings (SSSR count). The average molecular weight is 341 g/mol. The molecule has 0 aromatic heterocycles. The first-order valence-corrected chi connectivity index (χ1v) is 8.18. The van der Waals surface area contributed by atoms with Gasteiger partial charge in [0.25, 0.3) is 0 Å². The molecule has 0 aliphatic rings. The van der Waals surface area contributed by atoms with Crippen molar-refractivity contribution in [2.45, 2.75) is 12.8 Å². The van der Waals surface area contributed by atoms with Crippen LogP contribution in [0, 0.1) is 5.92 Å². The number of rotatable bonds is 9. The molecule has 0 fully saturated rings.